The molecule has 0 aromatic carbocycles. The molecule has 1 rings (SSSR count). The number of hydrogen-bond acceptors (Lipinski definition) is 8. The number of aliphatic hydroxyl groups excluding tert-OH is 1. The van der Waals surface area contributed by atoms with Crippen LogP contribution < -0.4 is 21.3 Å². The fraction of sp³-hybridized carbons (Fsp3) is 0.867. The Morgan fingerprint density at radius 1 is 1.05 bits per heavy atom. The summed E-state index contributed by atoms with van der Waals surface area (Å²) in [6.07, 6.45) is 2.21. The third kappa shape index (κ3) is 13.5. The van der Waals surface area contributed by atoms with Gasteiger partial charge in [0.15, 0.2) is 0 Å². The van der Waals surface area contributed by atoms with E-state index in [-0.39, 0.29) is 24.3 Å². The van der Waals surface area contributed by atoms with Gasteiger partial charge in [0, 0.05) is 19.1 Å². The molecule has 1 aliphatic heterocycles. The molecule has 0 aromatic rings. The van der Waals surface area contributed by atoms with E-state index in [0.717, 1.165) is 12.8 Å². The molecule has 0 aliphatic carbocycles. The minimum absolute atomic E-state index is 0.125. The highest BCUT2D eigenvalue weighted by atomic mass is 32.2. The van der Waals surface area contributed by atoms with Crippen LogP contribution in [0.4, 0.5) is 4.79 Å². The lowest BCUT2D eigenvalue weighted by molar-refractivity contribution is -0.138. The van der Waals surface area contributed by atoms with E-state index in [2.05, 4.69) is 21.3 Å². The highest BCUT2D eigenvalue weighted by Crippen LogP contribution is 2.28. The molecular weight excluding hydrogens is 560 g/mol. The highest BCUT2D eigenvalue weighted by molar-refractivity contribution is 7.98. The van der Waals surface area contributed by atoms with E-state index < -0.39 is 59.8 Å². The highest BCUT2D eigenvalue weighted by Gasteiger charge is 2.43. The van der Waals surface area contributed by atoms with Crippen molar-refractivity contribution in [2.75, 3.05) is 25.2 Å². The van der Waals surface area contributed by atoms with Crippen LogP contribution in [0.5, 0.6) is 0 Å². The van der Waals surface area contributed by atoms with Crippen molar-refractivity contribution in [2.24, 2.45) is 17.8 Å². The van der Waals surface area contributed by atoms with Crippen LogP contribution in [-0.2, 0) is 23.9 Å². The van der Waals surface area contributed by atoms with E-state index in [1.807, 2.05) is 40.9 Å². The predicted molar refractivity (Wildman–Crippen MR) is 166 cm³/mol. The summed E-state index contributed by atoms with van der Waals surface area (Å²) in [4.78, 5) is 52.0. The number of carbonyl (C=O) groups is 4. The quantitative estimate of drug-likeness (QED) is 0.156. The summed E-state index contributed by atoms with van der Waals surface area (Å²) in [5.74, 6) is -1.12. The van der Waals surface area contributed by atoms with Gasteiger partial charge in [0.25, 0.3) is 0 Å². The molecule has 0 aromatic heterocycles. The minimum atomic E-state index is -1.09. The molecule has 12 heteroatoms. The van der Waals surface area contributed by atoms with Crippen LogP contribution in [0.3, 0.4) is 0 Å². The second kappa shape index (κ2) is 18.6. The zero-order valence-electron chi connectivity index (χ0n) is 27.1. The van der Waals surface area contributed by atoms with Crippen molar-refractivity contribution in [3.63, 3.8) is 0 Å². The SMILES string of the molecule is CCCCNC(=O)[C@@H](NC(=O)[C@@H]1OCC[C@H]1[C@H](O)[C@H](CC(C)C)NC(=O)[C@H](CCSC)NC(=O)OC(C)(C)C)C(C)C. The fourth-order valence-electron chi connectivity index (χ4n) is 4.82. The van der Waals surface area contributed by atoms with Crippen molar-refractivity contribution in [1.29, 1.82) is 0 Å². The van der Waals surface area contributed by atoms with Gasteiger partial charge in [0.05, 0.1) is 12.1 Å². The number of aliphatic hydroxyl groups is 1. The van der Waals surface area contributed by atoms with Gasteiger partial charge >= 0.3 is 6.09 Å². The van der Waals surface area contributed by atoms with Crippen LogP contribution in [-0.4, -0.2) is 90.0 Å². The molecule has 11 nitrogen and oxygen atoms in total. The van der Waals surface area contributed by atoms with E-state index in [0.29, 0.717) is 31.6 Å². The Hall–Kier alpha value is -2.05. The van der Waals surface area contributed by atoms with Gasteiger partial charge in [-0.3, -0.25) is 14.4 Å². The Kier molecular flexibility index (Phi) is 16.8. The standard InChI is InChI=1S/C30H56N4O7S/c1-10-11-14-31-27(37)23(19(4)5)34-28(38)25-20(12-15-40-25)24(35)22(17-18(2)3)32-26(36)21(13-16-42-9)33-29(39)41-30(6,7)8/h18-25,35H,10-17H2,1-9H3,(H,31,37)(H,32,36)(H,33,39)(H,34,38)/t20-,21-,22-,23-,24-,25+/m0/s1. The lowest BCUT2D eigenvalue weighted by Gasteiger charge is -2.33. The Labute approximate surface area is 256 Å². The van der Waals surface area contributed by atoms with Crippen molar-refractivity contribution in [1.82, 2.24) is 21.3 Å². The van der Waals surface area contributed by atoms with Gasteiger partial charge in [-0.2, -0.15) is 11.8 Å². The van der Waals surface area contributed by atoms with Crippen LogP contribution in [0.2, 0.25) is 0 Å². The Bertz CT molecular complexity index is 865. The molecule has 6 atom stereocenters. The molecule has 1 saturated heterocycles. The molecule has 42 heavy (non-hydrogen) atoms. The molecule has 0 unspecified atom stereocenters. The van der Waals surface area contributed by atoms with E-state index in [1.54, 1.807) is 32.5 Å². The van der Waals surface area contributed by atoms with Crippen LogP contribution in [0.1, 0.15) is 87.5 Å². The van der Waals surface area contributed by atoms with Crippen molar-refractivity contribution in [3.05, 3.63) is 0 Å². The molecule has 0 saturated carbocycles. The van der Waals surface area contributed by atoms with Crippen LogP contribution in [0.25, 0.3) is 0 Å². The van der Waals surface area contributed by atoms with Gasteiger partial charge in [0.1, 0.15) is 23.8 Å². The minimum Gasteiger partial charge on any atom is -0.444 e. The van der Waals surface area contributed by atoms with E-state index in [9.17, 15) is 24.3 Å². The molecule has 244 valence electrons. The topological polar surface area (TPSA) is 155 Å². The van der Waals surface area contributed by atoms with Gasteiger partial charge < -0.3 is 35.8 Å². The Morgan fingerprint density at radius 2 is 1.71 bits per heavy atom. The number of amides is 4. The number of nitrogens with one attached hydrogen (secondary N) is 4. The number of alkyl carbamates (subject to hydrolysis) is 1. The zero-order valence-corrected chi connectivity index (χ0v) is 27.9. The number of thioether (sulfide) groups is 1. The first-order chi connectivity index (χ1) is 19.6. The second-order valence-electron chi connectivity index (χ2n) is 12.8. The maximum absolute atomic E-state index is 13.4. The van der Waals surface area contributed by atoms with Gasteiger partial charge in [-0.25, -0.2) is 4.79 Å². The van der Waals surface area contributed by atoms with Gasteiger partial charge in [-0.1, -0.05) is 41.0 Å². The first-order valence-electron chi connectivity index (χ1n) is 15.3. The number of rotatable bonds is 17. The molecule has 0 radical (unpaired) electrons. The largest absolute Gasteiger partial charge is 0.444 e. The molecule has 1 fully saturated rings. The number of carbonyl (C=O) groups excluding carboxylic acids is 4. The van der Waals surface area contributed by atoms with Gasteiger partial charge in [0.2, 0.25) is 17.7 Å². The Morgan fingerprint density at radius 3 is 2.26 bits per heavy atom. The lowest BCUT2D eigenvalue weighted by Crippen LogP contribution is -2.57. The fourth-order valence-corrected chi connectivity index (χ4v) is 5.29. The number of hydrogen-bond donors (Lipinski definition) is 5. The van der Waals surface area contributed by atoms with Crippen molar-refractivity contribution in [3.8, 4) is 0 Å². The summed E-state index contributed by atoms with van der Waals surface area (Å²) >= 11 is 1.55. The monoisotopic (exact) mass is 616 g/mol. The third-order valence-electron chi connectivity index (χ3n) is 6.99. The summed E-state index contributed by atoms with van der Waals surface area (Å²) in [7, 11) is 0. The summed E-state index contributed by atoms with van der Waals surface area (Å²) in [6, 6.07) is -2.28. The van der Waals surface area contributed by atoms with Crippen LogP contribution in [0, 0.1) is 17.8 Å². The summed E-state index contributed by atoms with van der Waals surface area (Å²) in [5, 5.41) is 22.9. The lowest BCUT2D eigenvalue weighted by atomic mass is 9.85. The average molecular weight is 617 g/mol. The average Bonchev–Trinajstić information content (AvgIpc) is 3.37. The number of ether oxygens (including phenoxy) is 2. The normalized spacial score (nSPS) is 20.0. The van der Waals surface area contributed by atoms with E-state index in [4.69, 9.17) is 9.47 Å². The molecule has 1 aliphatic rings. The smallest absolute Gasteiger partial charge is 0.408 e. The van der Waals surface area contributed by atoms with E-state index in [1.165, 1.54) is 0 Å². The van der Waals surface area contributed by atoms with Crippen molar-refractivity contribution in [2.45, 2.75) is 123 Å². The first-order valence-corrected chi connectivity index (χ1v) is 16.7. The summed E-state index contributed by atoms with van der Waals surface area (Å²) in [5.41, 5.74) is -0.718. The Balaban J connectivity index is 3.06. The summed E-state index contributed by atoms with van der Waals surface area (Å²) in [6.45, 7) is 15.8. The summed E-state index contributed by atoms with van der Waals surface area (Å²) < 4.78 is 11.1. The second-order valence-corrected chi connectivity index (χ2v) is 13.8. The van der Waals surface area contributed by atoms with Gasteiger partial charge in [-0.05, 0) is 70.3 Å². The molecule has 0 spiro atoms. The predicted octanol–water partition coefficient (Wildman–Crippen LogP) is 2.99. The van der Waals surface area contributed by atoms with Crippen LogP contribution in [0.15, 0.2) is 0 Å². The molecular formula is C30H56N4O7S. The molecule has 1 heterocycles. The molecule has 5 N–H and O–H groups in total. The molecule has 0 bridgehead atoms. The van der Waals surface area contributed by atoms with Crippen LogP contribution >= 0.6 is 11.8 Å². The maximum atomic E-state index is 13.4. The maximum Gasteiger partial charge on any atom is 0.408 e. The van der Waals surface area contributed by atoms with Crippen molar-refractivity contribution >= 4 is 35.6 Å². The van der Waals surface area contributed by atoms with Gasteiger partial charge in [-0.15, -0.1) is 0 Å². The zero-order chi connectivity index (χ0) is 32.0. The molecule has 4 amide bonds. The number of unbranched alkanes of at least 4 members (excludes halogenated alkanes) is 1. The van der Waals surface area contributed by atoms with Crippen molar-refractivity contribution < 1.29 is 33.8 Å². The first kappa shape index (κ1) is 38.0. The van der Waals surface area contributed by atoms with E-state index >= 15 is 0 Å². The third-order valence-corrected chi connectivity index (χ3v) is 7.64.